The second-order valence-electron chi connectivity index (χ2n) is 8.02. The number of amides is 2. The van der Waals surface area contributed by atoms with Crippen LogP contribution in [0.5, 0.6) is 11.5 Å². The number of halogens is 1. The molecule has 1 N–H and O–H groups in total. The molecule has 0 spiro atoms. The topological polar surface area (TPSA) is 50.8 Å². The number of benzene rings is 2. The van der Waals surface area contributed by atoms with Crippen molar-refractivity contribution < 1.29 is 18.7 Å². The summed E-state index contributed by atoms with van der Waals surface area (Å²) in [6.45, 7) is 5.92. The number of urea groups is 1. The lowest BCUT2D eigenvalue weighted by atomic mass is 9.92. The molecule has 166 valence electrons. The lowest BCUT2D eigenvalue weighted by Gasteiger charge is -2.36. The minimum atomic E-state index is -0.284. The van der Waals surface area contributed by atoms with Crippen LogP contribution in [0.25, 0.3) is 0 Å². The van der Waals surface area contributed by atoms with Crippen LogP contribution in [-0.4, -0.2) is 30.7 Å². The largest absolute Gasteiger partial charge is 0.486 e. The minimum Gasteiger partial charge on any atom is -0.486 e. The molecule has 0 fully saturated rings. The lowest BCUT2D eigenvalue weighted by molar-refractivity contribution is 0.171. The highest BCUT2D eigenvalue weighted by Crippen LogP contribution is 2.43. The Morgan fingerprint density at radius 2 is 1.91 bits per heavy atom. The first-order valence-corrected chi connectivity index (χ1v) is 11.7. The first kappa shape index (κ1) is 20.8. The van der Waals surface area contributed by atoms with E-state index in [1.165, 1.54) is 33.0 Å². The van der Waals surface area contributed by atoms with Crippen molar-refractivity contribution in [1.29, 1.82) is 0 Å². The van der Waals surface area contributed by atoms with Gasteiger partial charge in [-0.2, -0.15) is 0 Å². The molecule has 0 aliphatic carbocycles. The van der Waals surface area contributed by atoms with Gasteiger partial charge in [-0.25, -0.2) is 9.18 Å². The molecule has 1 aromatic heterocycles. The maximum absolute atomic E-state index is 13.6. The standard InChI is InChI=1S/C25H25FN2O3S/c1-3-19-15(2)32-24-20(19)10-11-28(23(24)16-4-6-17(26)7-5-16)25(29)27-18-8-9-21-22(14-18)31-13-12-30-21/h4-9,14,23H,3,10-13H2,1-2H3,(H,27,29). The van der Waals surface area contributed by atoms with E-state index in [9.17, 15) is 9.18 Å². The molecule has 2 aromatic carbocycles. The molecule has 1 atom stereocenters. The predicted molar refractivity (Wildman–Crippen MR) is 124 cm³/mol. The van der Waals surface area contributed by atoms with E-state index in [0.717, 1.165) is 18.4 Å². The molecule has 1 unspecified atom stereocenters. The van der Waals surface area contributed by atoms with Crippen LogP contribution in [-0.2, 0) is 12.8 Å². The van der Waals surface area contributed by atoms with Crippen molar-refractivity contribution in [3.63, 3.8) is 0 Å². The van der Waals surface area contributed by atoms with Crippen LogP contribution < -0.4 is 14.8 Å². The first-order chi connectivity index (χ1) is 15.5. The van der Waals surface area contributed by atoms with Crippen LogP contribution >= 0.6 is 11.3 Å². The Kier molecular flexibility index (Phi) is 5.51. The maximum atomic E-state index is 13.6. The van der Waals surface area contributed by atoms with Gasteiger partial charge >= 0.3 is 6.03 Å². The van der Waals surface area contributed by atoms with Gasteiger partial charge in [-0.15, -0.1) is 11.3 Å². The third-order valence-corrected chi connectivity index (χ3v) is 7.35. The van der Waals surface area contributed by atoms with Gasteiger partial charge in [-0.3, -0.25) is 0 Å². The maximum Gasteiger partial charge on any atom is 0.322 e. The number of carbonyl (C=O) groups is 1. The highest BCUT2D eigenvalue weighted by atomic mass is 32.1. The van der Waals surface area contributed by atoms with Gasteiger partial charge in [0.15, 0.2) is 11.5 Å². The fourth-order valence-corrected chi connectivity index (χ4v) is 6.07. The zero-order chi connectivity index (χ0) is 22.2. The number of fused-ring (bicyclic) bond motifs is 2. The second-order valence-corrected chi connectivity index (χ2v) is 9.28. The van der Waals surface area contributed by atoms with Crippen LogP contribution in [0, 0.1) is 12.7 Å². The highest BCUT2D eigenvalue weighted by Gasteiger charge is 2.35. The first-order valence-electron chi connectivity index (χ1n) is 10.9. The third kappa shape index (κ3) is 3.71. The molecule has 7 heteroatoms. The zero-order valence-electron chi connectivity index (χ0n) is 18.1. The number of carbonyl (C=O) groups excluding carboxylic acids is 1. The summed E-state index contributed by atoms with van der Waals surface area (Å²) in [6, 6.07) is 11.5. The lowest BCUT2D eigenvalue weighted by Crippen LogP contribution is -2.42. The van der Waals surface area contributed by atoms with E-state index in [4.69, 9.17) is 9.47 Å². The molecule has 32 heavy (non-hydrogen) atoms. The summed E-state index contributed by atoms with van der Waals surface area (Å²) in [5.41, 5.74) is 4.28. The summed E-state index contributed by atoms with van der Waals surface area (Å²) < 4.78 is 24.9. The normalized spacial score (nSPS) is 17.1. The highest BCUT2D eigenvalue weighted by molar-refractivity contribution is 7.12. The molecule has 2 aliphatic rings. The van der Waals surface area contributed by atoms with Gasteiger partial charge in [0, 0.05) is 28.1 Å². The summed E-state index contributed by atoms with van der Waals surface area (Å²) in [5.74, 6) is 1.03. The van der Waals surface area contributed by atoms with Crippen molar-refractivity contribution in [3.8, 4) is 11.5 Å². The summed E-state index contributed by atoms with van der Waals surface area (Å²) in [6.07, 6.45) is 1.78. The number of thiophene rings is 1. The molecule has 3 aromatic rings. The van der Waals surface area contributed by atoms with E-state index in [1.54, 1.807) is 29.5 Å². The van der Waals surface area contributed by atoms with Crippen molar-refractivity contribution in [1.82, 2.24) is 4.90 Å². The third-order valence-electron chi connectivity index (χ3n) is 6.11. The molecule has 0 saturated heterocycles. The Labute approximate surface area is 190 Å². The smallest absolute Gasteiger partial charge is 0.322 e. The van der Waals surface area contributed by atoms with E-state index >= 15 is 0 Å². The Balaban J connectivity index is 1.48. The molecular weight excluding hydrogens is 427 g/mol. The van der Waals surface area contributed by atoms with Gasteiger partial charge < -0.3 is 19.7 Å². The Morgan fingerprint density at radius 1 is 1.16 bits per heavy atom. The van der Waals surface area contributed by atoms with Gasteiger partial charge in [-0.05, 0) is 60.7 Å². The number of nitrogens with zero attached hydrogens (tertiary/aromatic N) is 1. The molecule has 5 rings (SSSR count). The summed E-state index contributed by atoms with van der Waals surface area (Å²) in [4.78, 5) is 17.7. The van der Waals surface area contributed by atoms with Crippen LogP contribution in [0.4, 0.5) is 14.9 Å². The predicted octanol–water partition coefficient (Wildman–Crippen LogP) is 5.71. The number of rotatable bonds is 3. The summed E-state index contributed by atoms with van der Waals surface area (Å²) in [7, 11) is 0. The second kappa shape index (κ2) is 8.47. The Morgan fingerprint density at radius 3 is 2.66 bits per heavy atom. The van der Waals surface area contributed by atoms with Gasteiger partial charge in [0.05, 0.1) is 6.04 Å². The van der Waals surface area contributed by atoms with Gasteiger partial charge in [0.1, 0.15) is 19.0 Å². The van der Waals surface area contributed by atoms with Crippen molar-refractivity contribution in [2.24, 2.45) is 0 Å². The van der Waals surface area contributed by atoms with Gasteiger partial charge in [-0.1, -0.05) is 19.1 Å². The van der Waals surface area contributed by atoms with Gasteiger partial charge in [0.2, 0.25) is 0 Å². The fourth-order valence-electron chi connectivity index (χ4n) is 4.62. The molecule has 0 saturated carbocycles. The number of ether oxygens (including phenoxy) is 2. The molecular formula is C25H25FN2O3S. The number of hydrogen-bond acceptors (Lipinski definition) is 4. The van der Waals surface area contributed by atoms with Crippen LogP contribution in [0.3, 0.4) is 0 Å². The van der Waals surface area contributed by atoms with Crippen molar-refractivity contribution in [3.05, 3.63) is 74.7 Å². The molecule has 2 aliphatic heterocycles. The van der Waals surface area contributed by atoms with E-state index < -0.39 is 0 Å². The van der Waals surface area contributed by atoms with Crippen molar-refractivity contribution >= 4 is 23.1 Å². The van der Waals surface area contributed by atoms with E-state index in [-0.39, 0.29) is 17.9 Å². The quantitative estimate of drug-likeness (QED) is 0.554. The SMILES string of the molecule is CCc1c(C)sc2c1CCN(C(=O)Nc1ccc3c(c1)OCCO3)C2c1ccc(F)cc1. The molecule has 0 radical (unpaired) electrons. The van der Waals surface area contributed by atoms with Crippen LogP contribution in [0.1, 0.15) is 39.4 Å². The van der Waals surface area contributed by atoms with Crippen molar-refractivity contribution in [2.45, 2.75) is 32.7 Å². The average molecular weight is 453 g/mol. The minimum absolute atomic E-state index is 0.189. The monoisotopic (exact) mass is 452 g/mol. The van der Waals surface area contributed by atoms with E-state index in [0.29, 0.717) is 36.9 Å². The number of anilines is 1. The number of hydrogen-bond donors (Lipinski definition) is 1. The Hall–Kier alpha value is -3.06. The molecule has 2 amide bonds. The summed E-state index contributed by atoms with van der Waals surface area (Å²) in [5, 5.41) is 3.02. The fraction of sp³-hybridized carbons (Fsp3) is 0.320. The van der Waals surface area contributed by atoms with Gasteiger partial charge in [0.25, 0.3) is 0 Å². The van der Waals surface area contributed by atoms with Crippen molar-refractivity contribution in [2.75, 3.05) is 25.1 Å². The zero-order valence-corrected chi connectivity index (χ0v) is 18.9. The van der Waals surface area contributed by atoms with Crippen LogP contribution in [0.15, 0.2) is 42.5 Å². The summed E-state index contributed by atoms with van der Waals surface area (Å²) >= 11 is 1.74. The Bertz CT molecular complexity index is 1160. The average Bonchev–Trinajstić information content (AvgIpc) is 3.14. The van der Waals surface area contributed by atoms with E-state index in [1.807, 2.05) is 17.0 Å². The molecule has 5 nitrogen and oxygen atoms in total. The molecule has 3 heterocycles. The number of aryl methyl sites for hydroxylation is 1. The van der Waals surface area contributed by atoms with E-state index in [2.05, 4.69) is 19.2 Å². The molecule has 0 bridgehead atoms. The number of nitrogens with one attached hydrogen (secondary N) is 1. The van der Waals surface area contributed by atoms with Crippen LogP contribution in [0.2, 0.25) is 0 Å².